The van der Waals surface area contributed by atoms with Crippen LogP contribution in [0.1, 0.15) is 50.0 Å². The summed E-state index contributed by atoms with van der Waals surface area (Å²) in [4.78, 5) is 11.5. The van der Waals surface area contributed by atoms with E-state index in [9.17, 15) is 9.90 Å². The van der Waals surface area contributed by atoms with Gasteiger partial charge >= 0.3 is 6.09 Å². The second kappa shape index (κ2) is 7.61. The van der Waals surface area contributed by atoms with Crippen molar-refractivity contribution in [2.24, 2.45) is 5.73 Å². The molecule has 0 aliphatic carbocycles. The molecule has 1 amide bonds. The molecule has 2 unspecified atom stereocenters. The summed E-state index contributed by atoms with van der Waals surface area (Å²) in [5, 5.41) is 13.0. The molecule has 2 atom stereocenters. The standard InChI is InChI=1S/C17H28N2O3/c1-11-7-6-8-13(12(11)2)15(20)14(18)9-10-19-16(21)22-17(3,4)5/h6-8,14-15,20H,9-10,18H2,1-5H3,(H,19,21). The number of aryl methyl sites for hydroxylation is 1. The molecule has 0 heterocycles. The number of aliphatic hydroxyl groups excluding tert-OH is 1. The van der Waals surface area contributed by atoms with Gasteiger partial charge in [-0.05, 0) is 57.7 Å². The SMILES string of the molecule is Cc1cccc(C(O)C(N)CCNC(=O)OC(C)(C)C)c1C. The minimum absolute atomic E-state index is 0.359. The number of benzene rings is 1. The van der Waals surface area contributed by atoms with Crippen molar-refractivity contribution in [1.29, 1.82) is 0 Å². The third kappa shape index (κ3) is 5.66. The Morgan fingerprint density at radius 2 is 2.00 bits per heavy atom. The predicted molar refractivity (Wildman–Crippen MR) is 87.7 cm³/mol. The van der Waals surface area contributed by atoms with E-state index in [1.807, 2.05) is 52.8 Å². The summed E-state index contributed by atoms with van der Waals surface area (Å²) < 4.78 is 5.15. The molecule has 4 N–H and O–H groups in total. The minimum atomic E-state index is -0.750. The highest BCUT2D eigenvalue weighted by molar-refractivity contribution is 5.67. The van der Waals surface area contributed by atoms with Gasteiger partial charge in [-0.3, -0.25) is 0 Å². The molecule has 0 saturated carbocycles. The maximum Gasteiger partial charge on any atom is 0.407 e. The van der Waals surface area contributed by atoms with Gasteiger partial charge in [-0.2, -0.15) is 0 Å². The minimum Gasteiger partial charge on any atom is -0.444 e. The quantitative estimate of drug-likeness (QED) is 0.780. The molecule has 0 radical (unpaired) electrons. The fraction of sp³-hybridized carbons (Fsp3) is 0.588. The van der Waals surface area contributed by atoms with Gasteiger partial charge in [0.05, 0.1) is 6.10 Å². The fourth-order valence-electron chi connectivity index (χ4n) is 2.14. The van der Waals surface area contributed by atoms with Crippen molar-refractivity contribution in [2.75, 3.05) is 6.54 Å². The van der Waals surface area contributed by atoms with Crippen LogP contribution in [0.3, 0.4) is 0 Å². The molecule has 5 nitrogen and oxygen atoms in total. The number of aliphatic hydroxyl groups is 1. The first-order chi connectivity index (χ1) is 10.1. The lowest BCUT2D eigenvalue weighted by Gasteiger charge is -2.23. The molecule has 1 rings (SSSR count). The number of nitrogens with one attached hydrogen (secondary N) is 1. The van der Waals surface area contributed by atoms with Crippen LogP contribution >= 0.6 is 0 Å². The number of hydrogen-bond donors (Lipinski definition) is 3. The molecule has 0 bridgehead atoms. The Labute approximate surface area is 132 Å². The first-order valence-corrected chi connectivity index (χ1v) is 7.58. The predicted octanol–water partition coefficient (Wildman–Crippen LogP) is 2.58. The van der Waals surface area contributed by atoms with Crippen molar-refractivity contribution >= 4 is 6.09 Å². The summed E-state index contributed by atoms with van der Waals surface area (Å²) in [6.07, 6.45) is -0.755. The molecule has 0 fully saturated rings. The maximum atomic E-state index is 11.5. The van der Waals surface area contributed by atoms with E-state index in [2.05, 4.69) is 5.32 Å². The third-order valence-electron chi connectivity index (χ3n) is 3.52. The van der Waals surface area contributed by atoms with Gasteiger partial charge in [0.15, 0.2) is 0 Å². The number of rotatable bonds is 5. The summed E-state index contributed by atoms with van der Waals surface area (Å²) >= 11 is 0. The van der Waals surface area contributed by atoms with Gasteiger partial charge in [0, 0.05) is 12.6 Å². The van der Waals surface area contributed by atoms with Crippen LogP contribution in [0.15, 0.2) is 18.2 Å². The average molecular weight is 308 g/mol. The van der Waals surface area contributed by atoms with Crippen LogP contribution < -0.4 is 11.1 Å². The molecule has 0 aliphatic rings. The molecule has 0 aromatic heterocycles. The van der Waals surface area contributed by atoms with Gasteiger partial charge in [0.25, 0.3) is 0 Å². The zero-order chi connectivity index (χ0) is 16.9. The normalized spacial score (nSPS) is 14.3. The Balaban J connectivity index is 2.50. The van der Waals surface area contributed by atoms with Gasteiger partial charge in [0.1, 0.15) is 5.60 Å². The molecule has 5 heteroatoms. The summed E-state index contributed by atoms with van der Waals surface area (Å²) in [6.45, 7) is 9.76. The van der Waals surface area contributed by atoms with E-state index in [-0.39, 0.29) is 0 Å². The van der Waals surface area contributed by atoms with E-state index in [0.717, 1.165) is 16.7 Å². The Kier molecular flexibility index (Phi) is 6.38. The highest BCUT2D eigenvalue weighted by Gasteiger charge is 2.20. The van der Waals surface area contributed by atoms with E-state index in [1.165, 1.54) is 0 Å². The second-order valence-electron chi connectivity index (χ2n) is 6.62. The third-order valence-corrected chi connectivity index (χ3v) is 3.52. The van der Waals surface area contributed by atoms with Crippen molar-refractivity contribution in [3.63, 3.8) is 0 Å². The van der Waals surface area contributed by atoms with Crippen LogP contribution in [-0.4, -0.2) is 29.4 Å². The largest absolute Gasteiger partial charge is 0.444 e. The molecule has 22 heavy (non-hydrogen) atoms. The first-order valence-electron chi connectivity index (χ1n) is 7.58. The molecule has 0 saturated heterocycles. The molecule has 1 aromatic rings. The zero-order valence-corrected chi connectivity index (χ0v) is 14.1. The highest BCUT2D eigenvalue weighted by Crippen LogP contribution is 2.23. The summed E-state index contributed by atoms with van der Waals surface area (Å²) in [5.41, 5.74) is 8.52. The first kappa shape index (κ1) is 18.5. The van der Waals surface area contributed by atoms with Crippen molar-refractivity contribution in [3.8, 4) is 0 Å². The van der Waals surface area contributed by atoms with Crippen molar-refractivity contribution in [1.82, 2.24) is 5.32 Å². The molecular formula is C17H28N2O3. The van der Waals surface area contributed by atoms with Crippen molar-refractivity contribution < 1.29 is 14.6 Å². The summed E-state index contributed by atoms with van der Waals surface area (Å²) in [6, 6.07) is 5.34. The van der Waals surface area contributed by atoms with E-state index >= 15 is 0 Å². The number of carbonyl (C=O) groups is 1. The number of hydrogen-bond acceptors (Lipinski definition) is 4. The van der Waals surface area contributed by atoms with Crippen molar-refractivity contribution in [2.45, 2.75) is 58.8 Å². The number of nitrogens with two attached hydrogens (primary N) is 1. The van der Waals surface area contributed by atoms with Gasteiger partial charge in [-0.1, -0.05) is 18.2 Å². The lowest BCUT2D eigenvalue weighted by atomic mass is 9.94. The van der Waals surface area contributed by atoms with Gasteiger partial charge in [0.2, 0.25) is 0 Å². The van der Waals surface area contributed by atoms with Gasteiger partial charge in [-0.15, -0.1) is 0 Å². The average Bonchev–Trinajstić information content (AvgIpc) is 2.39. The lowest BCUT2D eigenvalue weighted by molar-refractivity contribution is 0.0521. The summed E-state index contributed by atoms with van der Waals surface area (Å²) in [7, 11) is 0. The maximum absolute atomic E-state index is 11.5. The molecular weight excluding hydrogens is 280 g/mol. The van der Waals surface area contributed by atoms with Crippen LogP contribution in [0.5, 0.6) is 0 Å². The van der Waals surface area contributed by atoms with Gasteiger partial charge < -0.3 is 20.9 Å². The molecule has 124 valence electrons. The number of carbonyl (C=O) groups excluding carboxylic acids is 1. The zero-order valence-electron chi connectivity index (χ0n) is 14.1. The van der Waals surface area contributed by atoms with E-state index in [1.54, 1.807) is 0 Å². The number of alkyl carbamates (subject to hydrolysis) is 1. The van der Waals surface area contributed by atoms with Crippen molar-refractivity contribution in [3.05, 3.63) is 34.9 Å². The second-order valence-corrected chi connectivity index (χ2v) is 6.62. The van der Waals surface area contributed by atoms with Crippen LogP contribution in [0.25, 0.3) is 0 Å². The number of ether oxygens (including phenoxy) is 1. The Morgan fingerprint density at radius 3 is 2.59 bits per heavy atom. The van der Waals surface area contributed by atoms with Crippen LogP contribution in [-0.2, 0) is 4.74 Å². The smallest absolute Gasteiger partial charge is 0.407 e. The van der Waals surface area contributed by atoms with E-state index in [4.69, 9.17) is 10.5 Å². The Morgan fingerprint density at radius 1 is 1.36 bits per heavy atom. The van der Waals surface area contributed by atoms with E-state index < -0.39 is 23.8 Å². The fourth-order valence-corrected chi connectivity index (χ4v) is 2.14. The Hall–Kier alpha value is -1.59. The Bertz CT molecular complexity index is 509. The molecule has 1 aromatic carbocycles. The molecule has 0 spiro atoms. The van der Waals surface area contributed by atoms with Crippen LogP contribution in [0, 0.1) is 13.8 Å². The van der Waals surface area contributed by atoms with Crippen LogP contribution in [0.2, 0.25) is 0 Å². The highest BCUT2D eigenvalue weighted by atomic mass is 16.6. The van der Waals surface area contributed by atoms with Crippen LogP contribution in [0.4, 0.5) is 4.79 Å². The van der Waals surface area contributed by atoms with Gasteiger partial charge in [-0.25, -0.2) is 4.79 Å². The number of amides is 1. The summed E-state index contributed by atoms with van der Waals surface area (Å²) in [5.74, 6) is 0. The monoisotopic (exact) mass is 308 g/mol. The van der Waals surface area contributed by atoms with E-state index in [0.29, 0.717) is 13.0 Å². The lowest BCUT2D eigenvalue weighted by Crippen LogP contribution is -2.37. The topological polar surface area (TPSA) is 84.6 Å². The molecule has 0 aliphatic heterocycles.